The maximum Gasteiger partial charge on any atom is 0.229 e. The highest BCUT2D eigenvalue weighted by Crippen LogP contribution is 2.40. The van der Waals surface area contributed by atoms with E-state index in [0.29, 0.717) is 11.9 Å². The molecule has 1 aliphatic rings. The summed E-state index contributed by atoms with van der Waals surface area (Å²) in [6.45, 7) is 4.18. The highest BCUT2D eigenvalue weighted by molar-refractivity contribution is 7.16. The first kappa shape index (κ1) is 13.4. The summed E-state index contributed by atoms with van der Waals surface area (Å²) in [5.74, 6) is 1.07. The SMILES string of the molecule is Cc1ccnc(Nc2nc3c(s2)CCC(C)c2[nH]ncc2-3)n1. The summed E-state index contributed by atoms with van der Waals surface area (Å²) in [7, 11) is 0. The van der Waals surface area contributed by atoms with Crippen LogP contribution in [0, 0.1) is 6.92 Å². The van der Waals surface area contributed by atoms with Crippen molar-refractivity contribution in [3.63, 3.8) is 0 Å². The van der Waals surface area contributed by atoms with Gasteiger partial charge in [0.1, 0.15) is 0 Å². The van der Waals surface area contributed by atoms with Gasteiger partial charge in [-0.25, -0.2) is 15.0 Å². The van der Waals surface area contributed by atoms with Crippen LogP contribution in [0.4, 0.5) is 11.1 Å². The minimum atomic E-state index is 0.482. The summed E-state index contributed by atoms with van der Waals surface area (Å²) in [6, 6.07) is 1.88. The van der Waals surface area contributed by atoms with Crippen LogP contribution in [0.15, 0.2) is 18.5 Å². The first-order chi connectivity index (χ1) is 10.7. The Balaban J connectivity index is 1.71. The van der Waals surface area contributed by atoms with E-state index < -0.39 is 0 Å². The van der Waals surface area contributed by atoms with Gasteiger partial charge >= 0.3 is 0 Å². The molecule has 0 saturated carbocycles. The minimum absolute atomic E-state index is 0.482. The highest BCUT2D eigenvalue weighted by Gasteiger charge is 2.24. The number of H-pyrrole nitrogens is 1. The number of fused-ring (bicyclic) bond motifs is 3. The lowest BCUT2D eigenvalue weighted by Gasteiger charge is -2.06. The number of nitrogens with zero attached hydrogens (tertiary/aromatic N) is 4. The van der Waals surface area contributed by atoms with Gasteiger partial charge < -0.3 is 5.32 Å². The van der Waals surface area contributed by atoms with Crippen molar-refractivity contribution >= 4 is 22.4 Å². The van der Waals surface area contributed by atoms with E-state index in [9.17, 15) is 0 Å². The van der Waals surface area contributed by atoms with Gasteiger partial charge in [-0.3, -0.25) is 5.10 Å². The number of nitrogens with one attached hydrogen (secondary N) is 2. The summed E-state index contributed by atoms with van der Waals surface area (Å²) in [5.41, 5.74) is 4.27. The fourth-order valence-electron chi connectivity index (χ4n) is 2.74. The van der Waals surface area contributed by atoms with Crippen LogP contribution in [0.3, 0.4) is 0 Å². The summed E-state index contributed by atoms with van der Waals surface area (Å²) in [6.07, 6.45) is 5.76. The molecule has 22 heavy (non-hydrogen) atoms. The van der Waals surface area contributed by atoms with Crippen molar-refractivity contribution in [3.05, 3.63) is 34.7 Å². The van der Waals surface area contributed by atoms with Crippen molar-refractivity contribution in [1.29, 1.82) is 0 Å². The van der Waals surface area contributed by atoms with Gasteiger partial charge in [-0.15, -0.1) is 11.3 Å². The molecule has 1 atom stereocenters. The Kier molecular flexibility index (Phi) is 3.15. The van der Waals surface area contributed by atoms with Gasteiger partial charge in [0, 0.05) is 28.0 Å². The molecule has 0 bridgehead atoms. The molecule has 0 amide bonds. The third-order valence-electron chi connectivity index (χ3n) is 3.93. The number of aromatic amines is 1. The molecule has 1 aliphatic carbocycles. The second-order valence-corrected chi connectivity index (χ2v) is 6.66. The number of hydrogen-bond acceptors (Lipinski definition) is 6. The van der Waals surface area contributed by atoms with Crippen LogP contribution < -0.4 is 5.32 Å². The normalized spacial score (nSPS) is 16.7. The lowest BCUT2D eigenvalue weighted by molar-refractivity contribution is 0.669. The molecule has 1 unspecified atom stereocenters. The molecule has 3 aromatic rings. The smallest absolute Gasteiger partial charge is 0.229 e. The summed E-state index contributed by atoms with van der Waals surface area (Å²) in [5, 5.41) is 11.4. The number of rotatable bonds is 2. The molecule has 0 radical (unpaired) electrons. The molecule has 0 saturated heterocycles. The molecule has 3 heterocycles. The largest absolute Gasteiger partial charge is 0.300 e. The van der Waals surface area contributed by atoms with Crippen LogP contribution in [0.2, 0.25) is 0 Å². The molecule has 112 valence electrons. The highest BCUT2D eigenvalue weighted by atomic mass is 32.1. The quantitative estimate of drug-likeness (QED) is 0.758. The number of hydrogen-bond donors (Lipinski definition) is 2. The van der Waals surface area contributed by atoms with Gasteiger partial charge in [-0.05, 0) is 31.7 Å². The van der Waals surface area contributed by atoms with Gasteiger partial charge in [-0.2, -0.15) is 5.10 Å². The zero-order chi connectivity index (χ0) is 15.1. The Bertz CT molecular complexity index is 821. The Hall–Kier alpha value is -2.28. The average molecular weight is 312 g/mol. The number of aryl methyl sites for hydroxylation is 2. The van der Waals surface area contributed by atoms with Gasteiger partial charge in [-0.1, -0.05) is 6.92 Å². The Morgan fingerprint density at radius 3 is 3.14 bits per heavy atom. The topological polar surface area (TPSA) is 79.4 Å². The Morgan fingerprint density at radius 1 is 1.36 bits per heavy atom. The number of thiazole rings is 1. The molecule has 6 nitrogen and oxygen atoms in total. The van der Waals surface area contributed by atoms with Crippen LogP contribution in [-0.2, 0) is 6.42 Å². The molecule has 0 fully saturated rings. The van der Waals surface area contributed by atoms with E-state index in [4.69, 9.17) is 4.98 Å². The van der Waals surface area contributed by atoms with Crippen LogP contribution in [-0.4, -0.2) is 25.1 Å². The van der Waals surface area contributed by atoms with E-state index >= 15 is 0 Å². The molecule has 0 aliphatic heterocycles. The Morgan fingerprint density at radius 2 is 2.27 bits per heavy atom. The first-order valence-corrected chi connectivity index (χ1v) is 8.12. The van der Waals surface area contributed by atoms with Crippen molar-refractivity contribution in [2.75, 3.05) is 5.32 Å². The van der Waals surface area contributed by atoms with Crippen molar-refractivity contribution in [3.8, 4) is 11.3 Å². The second kappa shape index (κ2) is 5.17. The molecule has 0 aromatic carbocycles. The van der Waals surface area contributed by atoms with E-state index in [0.717, 1.165) is 34.9 Å². The molecule has 7 heteroatoms. The summed E-state index contributed by atoms with van der Waals surface area (Å²) in [4.78, 5) is 14.6. The lowest BCUT2D eigenvalue weighted by Crippen LogP contribution is -1.97. The molecule has 0 spiro atoms. The average Bonchev–Trinajstić information content (AvgIpc) is 3.09. The van der Waals surface area contributed by atoms with Crippen LogP contribution in [0.25, 0.3) is 11.3 Å². The number of anilines is 2. The predicted molar refractivity (Wildman–Crippen MR) is 86.5 cm³/mol. The van der Waals surface area contributed by atoms with E-state index in [1.54, 1.807) is 17.5 Å². The maximum atomic E-state index is 4.75. The first-order valence-electron chi connectivity index (χ1n) is 7.30. The van der Waals surface area contributed by atoms with Gasteiger partial charge in [0.05, 0.1) is 11.9 Å². The van der Waals surface area contributed by atoms with Crippen molar-refractivity contribution < 1.29 is 0 Å². The second-order valence-electron chi connectivity index (χ2n) is 5.57. The fraction of sp³-hybridized carbons (Fsp3) is 0.333. The summed E-state index contributed by atoms with van der Waals surface area (Å²) >= 11 is 1.67. The lowest BCUT2D eigenvalue weighted by atomic mass is 10.0. The third kappa shape index (κ3) is 2.27. The molecule has 4 rings (SSSR count). The predicted octanol–water partition coefficient (Wildman–Crippen LogP) is 3.42. The van der Waals surface area contributed by atoms with Crippen molar-refractivity contribution in [1.82, 2.24) is 25.1 Å². The fourth-order valence-corrected chi connectivity index (χ4v) is 3.73. The third-order valence-corrected chi connectivity index (χ3v) is 4.96. The molecular weight excluding hydrogens is 296 g/mol. The van der Waals surface area contributed by atoms with Gasteiger partial charge in [0.15, 0.2) is 5.13 Å². The van der Waals surface area contributed by atoms with Crippen LogP contribution in [0.5, 0.6) is 0 Å². The maximum absolute atomic E-state index is 4.75. The zero-order valence-corrected chi connectivity index (χ0v) is 13.2. The van der Waals surface area contributed by atoms with Gasteiger partial charge in [0.2, 0.25) is 5.95 Å². The standard InChI is InChI=1S/C15H16N6S/c1-8-3-4-11-13(10-7-17-21-12(8)10)19-15(22-11)20-14-16-6-5-9(2)18-14/h5-8H,3-4H2,1-2H3,(H,17,21)(H,16,18,19,20). The Labute approximate surface area is 132 Å². The molecular formula is C15H16N6S. The monoisotopic (exact) mass is 312 g/mol. The molecule has 3 aromatic heterocycles. The van der Waals surface area contributed by atoms with E-state index in [2.05, 4.69) is 32.4 Å². The van der Waals surface area contributed by atoms with Crippen molar-refractivity contribution in [2.45, 2.75) is 32.6 Å². The summed E-state index contributed by atoms with van der Waals surface area (Å²) < 4.78 is 0. The van der Waals surface area contributed by atoms with Gasteiger partial charge in [0.25, 0.3) is 0 Å². The van der Waals surface area contributed by atoms with E-state index in [1.807, 2.05) is 19.2 Å². The number of aromatic nitrogens is 5. The van der Waals surface area contributed by atoms with Crippen LogP contribution >= 0.6 is 11.3 Å². The van der Waals surface area contributed by atoms with E-state index in [-0.39, 0.29) is 0 Å². The van der Waals surface area contributed by atoms with Crippen LogP contribution in [0.1, 0.15) is 35.5 Å². The van der Waals surface area contributed by atoms with Crippen molar-refractivity contribution in [2.24, 2.45) is 0 Å². The van der Waals surface area contributed by atoms with E-state index in [1.165, 1.54) is 10.6 Å². The minimum Gasteiger partial charge on any atom is -0.300 e. The zero-order valence-electron chi connectivity index (χ0n) is 12.4. The molecule has 2 N–H and O–H groups in total.